The van der Waals surface area contributed by atoms with Crippen LogP contribution in [-0.2, 0) is 17.8 Å². The standard InChI is InChI=1S/C20H21Cl2N3O/c21-16-2-3-19-15(11-16)1-4-20(26)25(19)13-14-9-17(22)12-18(10-14)24-7-5-23-6-8-24/h2-3,9-12,23H,1,4-8,13H2. The molecule has 4 rings (SSSR count). The van der Waals surface area contributed by atoms with Gasteiger partial charge in [-0.3, -0.25) is 4.79 Å². The van der Waals surface area contributed by atoms with Crippen LogP contribution in [0.25, 0.3) is 0 Å². The van der Waals surface area contributed by atoms with Crippen molar-refractivity contribution in [3.05, 3.63) is 57.6 Å². The average Bonchev–Trinajstić information content (AvgIpc) is 2.64. The molecule has 2 aliphatic rings. The molecule has 0 unspecified atom stereocenters. The third-order valence-corrected chi connectivity index (χ3v) is 5.46. The predicted molar refractivity (Wildman–Crippen MR) is 107 cm³/mol. The molecular formula is C20H21Cl2N3O. The summed E-state index contributed by atoms with van der Waals surface area (Å²) in [5.74, 6) is 0.142. The summed E-state index contributed by atoms with van der Waals surface area (Å²) in [4.78, 5) is 16.7. The molecule has 0 spiro atoms. The molecule has 0 radical (unpaired) electrons. The third-order valence-electron chi connectivity index (χ3n) is 5.01. The molecule has 0 aliphatic carbocycles. The van der Waals surface area contributed by atoms with Gasteiger partial charge in [0.25, 0.3) is 0 Å². The van der Waals surface area contributed by atoms with E-state index < -0.39 is 0 Å². The second-order valence-electron chi connectivity index (χ2n) is 6.81. The van der Waals surface area contributed by atoms with Crippen LogP contribution in [0.2, 0.25) is 10.0 Å². The summed E-state index contributed by atoms with van der Waals surface area (Å²) in [7, 11) is 0. The molecule has 0 atom stereocenters. The van der Waals surface area contributed by atoms with Gasteiger partial charge < -0.3 is 15.1 Å². The molecule has 6 heteroatoms. The van der Waals surface area contributed by atoms with Gasteiger partial charge in [0, 0.05) is 54.0 Å². The maximum atomic E-state index is 12.6. The number of hydrogen-bond donors (Lipinski definition) is 1. The van der Waals surface area contributed by atoms with Crippen molar-refractivity contribution >= 4 is 40.5 Å². The Bertz CT molecular complexity index is 834. The Morgan fingerprint density at radius 1 is 0.962 bits per heavy atom. The molecule has 1 saturated heterocycles. The summed E-state index contributed by atoms with van der Waals surface area (Å²) in [5.41, 5.74) is 4.24. The Morgan fingerprint density at radius 3 is 2.58 bits per heavy atom. The molecule has 0 bridgehead atoms. The zero-order valence-corrected chi connectivity index (χ0v) is 16.0. The highest BCUT2D eigenvalue weighted by Gasteiger charge is 2.25. The largest absolute Gasteiger partial charge is 0.369 e. The van der Waals surface area contributed by atoms with Gasteiger partial charge >= 0.3 is 0 Å². The zero-order valence-electron chi connectivity index (χ0n) is 14.5. The SMILES string of the molecule is O=C1CCc2cc(Cl)ccc2N1Cc1cc(Cl)cc(N2CCNCC2)c1. The smallest absolute Gasteiger partial charge is 0.227 e. The number of hydrogen-bond acceptors (Lipinski definition) is 3. The van der Waals surface area contributed by atoms with E-state index in [-0.39, 0.29) is 5.91 Å². The van der Waals surface area contributed by atoms with Gasteiger partial charge in [0.15, 0.2) is 0 Å². The summed E-state index contributed by atoms with van der Waals surface area (Å²) in [6.45, 7) is 4.39. The number of halogens is 2. The fraction of sp³-hybridized carbons (Fsp3) is 0.350. The molecule has 2 heterocycles. The number of nitrogens with one attached hydrogen (secondary N) is 1. The van der Waals surface area contributed by atoms with Crippen LogP contribution in [0, 0.1) is 0 Å². The first kappa shape index (κ1) is 17.7. The van der Waals surface area contributed by atoms with Gasteiger partial charge in [-0.1, -0.05) is 23.2 Å². The van der Waals surface area contributed by atoms with Crippen molar-refractivity contribution in [3.8, 4) is 0 Å². The number of carbonyl (C=O) groups excluding carboxylic acids is 1. The van der Waals surface area contributed by atoms with E-state index in [1.54, 1.807) is 0 Å². The zero-order chi connectivity index (χ0) is 18.1. The topological polar surface area (TPSA) is 35.6 Å². The molecule has 26 heavy (non-hydrogen) atoms. The van der Waals surface area contributed by atoms with Crippen molar-refractivity contribution in [1.82, 2.24) is 5.32 Å². The van der Waals surface area contributed by atoms with Crippen LogP contribution < -0.4 is 15.1 Å². The highest BCUT2D eigenvalue weighted by molar-refractivity contribution is 6.31. The van der Waals surface area contributed by atoms with E-state index in [2.05, 4.69) is 16.3 Å². The van der Waals surface area contributed by atoms with Crippen LogP contribution >= 0.6 is 23.2 Å². The maximum Gasteiger partial charge on any atom is 0.227 e. The molecule has 1 N–H and O–H groups in total. The quantitative estimate of drug-likeness (QED) is 0.864. The molecular weight excluding hydrogens is 369 g/mol. The lowest BCUT2D eigenvalue weighted by molar-refractivity contribution is -0.119. The summed E-state index contributed by atoms with van der Waals surface area (Å²) in [6, 6.07) is 11.8. The van der Waals surface area contributed by atoms with Crippen LogP contribution in [0.4, 0.5) is 11.4 Å². The number of nitrogens with zero attached hydrogens (tertiary/aromatic N) is 2. The summed E-state index contributed by atoms with van der Waals surface area (Å²) in [5, 5.41) is 4.78. The van der Waals surface area contributed by atoms with Crippen molar-refractivity contribution in [2.24, 2.45) is 0 Å². The number of aryl methyl sites for hydroxylation is 1. The fourth-order valence-electron chi connectivity index (χ4n) is 3.71. The molecule has 2 aliphatic heterocycles. The van der Waals surface area contributed by atoms with Crippen molar-refractivity contribution in [3.63, 3.8) is 0 Å². The molecule has 4 nitrogen and oxygen atoms in total. The van der Waals surface area contributed by atoms with E-state index >= 15 is 0 Å². The molecule has 0 aromatic heterocycles. The number of anilines is 2. The van der Waals surface area contributed by atoms with Gasteiger partial charge in [-0.15, -0.1) is 0 Å². The minimum atomic E-state index is 0.142. The number of fused-ring (bicyclic) bond motifs is 1. The van der Waals surface area contributed by atoms with E-state index in [1.807, 2.05) is 35.2 Å². The Hall–Kier alpha value is -1.75. The molecule has 2 aromatic carbocycles. The molecule has 1 amide bonds. The number of rotatable bonds is 3. The summed E-state index contributed by atoms with van der Waals surface area (Å²) >= 11 is 12.5. The lowest BCUT2D eigenvalue weighted by atomic mass is 10.0. The lowest BCUT2D eigenvalue weighted by Gasteiger charge is -2.32. The van der Waals surface area contributed by atoms with Gasteiger partial charge in [0.1, 0.15) is 0 Å². The van der Waals surface area contributed by atoms with Crippen LogP contribution in [-0.4, -0.2) is 32.1 Å². The van der Waals surface area contributed by atoms with E-state index in [9.17, 15) is 4.79 Å². The summed E-state index contributed by atoms with van der Waals surface area (Å²) in [6.07, 6.45) is 1.26. The fourth-order valence-corrected chi connectivity index (χ4v) is 4.16. The maximum absolute atomic E-state index is 12.6. The molecule has 1 fully saturated rings. The average molecular weight is 390 g/mol. The van der Waals surface area contributed by atoms with Crippen molar-refractivity contribution < 1.29 is 4.79 Å². The lowest BCUT2D eigenvalue weighted by Crippen LogP contribution is -2.43. The Morgan fingerprint density at radius 2 is 1.77 bits per heavy atom. The van der Waals surface area contributed by atoms with Crippen LogP contribution in [0.1, 0.15) is 17.5 Å². The first-order chi connectivity index (χ1) is 12.6. The second kappa shape index (κ2) is 7.47. The van der Waals surface area contributed by atoms with Crippen LogP contribution in [0.3, 0.4) is 0 Å². The van der Waals surface area contributed by atoms with Gasteiger partial charge in [0.05, 0.1) is 6.54 Å². The highest BCUT2D eigenvalue weighted by atomic mass is 35.5. The van der Waals surface area contributed by atoms with Crippen LogP contribution in [0.15, 0.2) is 36.4 Å². The van der Waals surface area contributed by atoms with Crippen LogP contribution in [0.5, 0.6) is 0 Å². The first-order valence-electron chi connectivity index (χ1n) is 8.94. The first-order valence-corrected chi connectivity index (χ1v) is 9.70. The highest BCUT2D eigenvalue weighted by Crippen LogP contribution is 2.32. The molecule has 136 valence electrons. The van der Waals surface area contributed by atoms with Gasteiger partial charge in [-0.05, 0) is 53.9 Å². The minimum Gasteiger partial charge on any atom is -0.369 e. The number of carbonyl (C=O) groups is 1. The third kappa shape index (κ3) is 3.68. The molecule has 2 aromatic rings. The monoisotopic (exact) mass is 389 g/mol. The number of piperazine rings is 1. The van der Waals surface area contributed by atoms with Gasteiger partial charge in [0.2, 0.25) is 5.91 Å². The van der Waals surface area contributed by atoms with Gasteiger partial charge in [-0.2, -0.15) is 0 Å². The summed E-state index contributed by atoms with van der Waals surface area (Å²) < 4.78 is 0. The minimum absolute atomic E-state index is 0.142. The van der Waals surface area contributed by atoms with E-state index in [0.717, 1.165) is 55.1 Å². The van der Waals surface area contributed by atoms with Crippen molar-refractivity contribution in [2.75, 3.05) is 36.0 Å². The van der Waals surface area contributed by atoms with E-state index in [0.29, 0.717) is 23.0 Å². The predicted octanol–water partition coefficient (Wildman–Crippen LogP) is 3.88. The number of amides is 1. The Balaban J connectivity index is 1.63. The molecule has 0 saturated carbocycles. The second-order valence-corrected chi connectivity index (χ2v) is 7.68. The normalized spacial score (nSPS) is 17.4. The van der Waals surface area contributed by atoms with Gasteiger partial charge in [-0.25, -0.2) is 0 Å². The van der Waals surface area contributed by atoms with E-state index in [4.69, 9.17) is 23.2 Å². The Kier molecular flexibility index (Phi) is 5.07. The van der Waals surface area contributed by atoms with Crippen molar-refractivity contribution in [1.29, 1.82) is 0 Å². The number of benzene rings is 2. The van der Waals surface area contributed by atoms with Crippen molar-refractivity contribution in [2.45, 2.75) is 19.4 Å². The Labute approximate surface area is 163 Å². The van der Waals surface area contributed by atoms with E-state index in [1.165, 1.54) is 0 Å².